The van der Waals surface area contributed by atoms with Gasteiger partial charge in [0.2, 0.25) is 0 Å². The molecule has 1 aliphatic rings. The average Bonchev–Trinajstić information content (AvgIpc) is 2.23. The molecule has 0 spiro atoms. The van der Waals surface area contributed by atoms with Crippen LogP contribution in [0.1, 0.15) is 17.9 Å². The molecule has 0 aliphatic carbocycles. The Morgan fingerprint density at radius 1 is 1.27 bits per heavy atom. The highest BCUT2D eigenvalue weighted by atomic mass is 19.3. The molecule has 0 radical (unpaired) electrons. The van der Waals surface area contributed by atoms with Crippen LogP contribution >= 0.6 is 0 Å². The van der Waals surface area contributed by atoms with Crippen LogP contribution in [0.25, 0.3) is 0 Å². The van der Waals surface area contributed by atoms with Crippen LogP contribution in [0.4, 0.5) is 8.78 Å². The van der Waals surface area contributed by atoms with Crippen LogP contribution in [-0.4, -0.2) is 18.4 Å². The summed E-state index contributed by atoms with van der Waals surface area (Å²) in [5.41, 5.74) is 0.525. The molecule has 1 aromatic carbocycles. The van der Waals surface area contributed by atoms with Gasteiger partial charge in [-0.1, -0.05) is 30.3 Å². The number of piperidine rings is 1. The Morgan fingerprint density at radius 2 is 1.93 bits per heavy atom. The molecule has 0 bridgehead atoms. The third-order valence-corrected chi connectivity index (χ3v) is 2.66. The number of halogens is 2. The monoisotopic (exact) mass is 211 g/mol. The molecule has 2 rings (SSSR count). The van der Waals surface area contributed by atoms with E-state index in [2.05, 4.69) is 5.32 Å². The summed E-state index contributed by atoms with van der Waals surface area (Å²) in [6.45, 7) is 0.313. The van der Waals surface area contributed by atoms with Crippen LogP contribution in [0.2, 0.25) is 0 Å². The number of nitrogens with one attached hydrogen (secondary N) is 1. The molecule has 1 amide bonds. The highest BCUT2D eigenvalue weighted by Gasteiger charge is 2.49. The van der Waals surface area contributed by atoms with Crippen LogP contribution in [-0.2, 0) is 4.79 Å². The first-order valence-corrected chi connectivity index (χ1v) is 4.83. The molecule has 1 fully saturated rings. The highest BCUT2D eigenvalue weighted by Crippen LogP contribution is 2.38. The smallest absolute Gasteiger partial charge is 0.331 e. The van der Waals surface area contributed by atoms with E-state index in [1.165, 1.54) is 0 Å². The minimum absolute atomic E-state index is 0.281. The van der Waals surface area contributed by atoms with Crippen LogP contribution in [0.15, 0.2) is 30.3 Å². The van der Waals surface area contributed by atoms with Crippen molar-refractivity contribution in [3.05, 3.63) is 35.9 Å². The Labute approximate surface area is 86.3 Å². The first-order chi connectivity index (χ1) is 7.12. The van der Waals surface area contributed by atoms with E-state index in [-0.39, 0.29) is 6.42 Å². The van der Waals surface area contributed by atoms with E-state index >= 15 is 0 Å². The van der Waals surface area contributed by atoms with Crippen molar-refractivity contribution in [2.75, 3.05) is 6.54 Å². The van der Waals surface area contributed by atoms with E-state index in [1.54, 1.807) is 30.3 Å². The Balaban J connectivity index is 2.32. The van der Waals surface area contributed by atoms with E-state index in [0.717, 1.165) is 0 Å². The molecule has 1 heterocycles. The summed E-state index contributed by atoms with van der Waals surface area (Å²) in [6.07, 6.45) is 0.281. The van der Waals surface area contributed by atoms with Crippen LogP contribution in [0.5, 0.6) is 0 Å². The first-order valence-electron chi connectivity index (χ1n) is 4.83. The lowest BCUT2D eigenvalue weighted by Gasteiger charge is -2.30. The van der Waals surface area contributed by atoms with Gasteiger partial charge in [-0.3, -0.25) is 4.79 Å². The van der Waals surface area contributed by atoms with E-state index in [9.17, 15) is 13.6 Å². The van der Waals surface area contributed by atoms with Crippen molar-refractivity contribution in [1.82, 2.24) is 5.32 Å². The molecule has 1 N–H and O–H groups in total. The number of amides is 1. The number of rotatable bonds is 1. The largest absolute Gasteiger partial charge is 0.351 e. The van der Waals surface area contributed by atoms with Crippen molar-refractivity contribution in [3.63, 3.8) is 0 Å². The van der Waals surface area contributed by atoms with Gasteiger partial charge in [0.1, 0.15) is 0 Å². The maximum atomic E-state index is 13.5. The maximum absolute atomic E-state index is 13.5. The summed E-state index contributed by atoms with van der Waals surface area (Å²) >= 11 is 0. The SMILES string of the molecule is O=C1NCCC(c2ccccc2)C1(F)F. The van der Waals surface area contributed by atoms with Gasteiger partial charge in [-0.05, 0) is 12.0 Å². The van der Waals surface area contributed by atoms with Crippen LogP contribution in [0, 0.1) is 0 Å². The quantitative estimate of drug-likeness (QED) is 0.755. The van der Waals surface area contributed by atoms with Gasteiger partial charge in [0.25, 0.3) is 5.91 Å². The molecule has 0 aromatic heterocycles. The van der Waals surface area contributed by atoms with Gasteiger partial charge in [-0.15, -0.1) is 0 Å². The van der Waals surface area contributed by atoms with Crippen molar-refractivity contribution in [3.8, 4) is 0 Å². The Morgan fingerprint density at radius 3 is 2.60 bits per heavy atom. The molecule has 15 heavy (non-hydrogen) atoms. The van der Waals surface area contributed by atoms with Crippen molar-refractivity contribution in [2.45, 2.75) is 18.3 Å². The summed E-state index contributed by atoms with van der Waals surface area (Å²) in [5.74, 6) is -5.45. The third kappa shape index (κ3) is 1.71. The zero-order chi connectivity index (χ0) is 10.9. The zero-order valence-electron chi connectivity index (χ0n) is 8.04. The van der Waals surface area contributed by atoms with Crippen LogP contribution in [0.3, 0.4) is 0 Å². The standard InChI is InChI=1S/C11H11F2NO/c12-11(13)9(6-7-14-10(11)15)8-4-2-1-3-5-8/h1-5,9H,6-7H2,(H,14,15). The topological polar surface area (TPSA) is 29.1 Å². The summed E-state index contributed by atoms with van der Waals surface area (Å²) < 4.78 is 27.1. The minimum atomic E-state index is -3.29. The van der Waals surface area contributed by atoms with Crippen LogP contribution < -0.4 is 5.32 Å². The summed E-state index contributed by atoms with van der Waals surface area (Å²) in [5, 5.41) is 2.18. The number of hydrogen-bond acceptors (Lipinski definition) is 1. The van der Waals surface area contributed by atoms with Crippen molar-refractivity contribution < 1.29 is 13.6 Å². The molecule has 4 heteroatoms. The Kier molecular flexibility index (Phi) is 2.42. The van der Waals surface area contributed by atoms with Gasteiger partial charge in [-0.25, -0.2) is 0 Å². The van der Waals surface area contributed by atoms with Gasteiger partial charge in [0, 0.05) is 6.54 Å². The second kappa shape index (κ2) is 3.61. The maximum Gasteiger partial charge on any atom is 0.331 e. The van der Waals surface area contributed by atoms with Gasteiger partial charge in [-0.2, -0.15) is 8.78 Å². The predicted octanol–water partition coefficient (Wildman–Crippen LogP) is 1.93. The van der Waals surface area contributed by atoms with Crippen molar-refractivity contribution in [1.29, 1.82) is 0 Å². The molecule has 80 valence electrons. The number of alkyl halides is 2. The molecule has 1 aliphatic heterocycles. The van der Waals surface area contributed by atoms with E-state index in [1.807, 2.05) is 0 Å². The third-order valence-electron chi connectivity index (χ3n) is 2.66. The van der Waals surface area contributed by atoms with Gasteiger partial charge >= 0.3 is 5.92 Å². The number of hydrogen-bond donors (Lipinski definition) is 1. The summed E-state index contributed by atoms with van der Waals surface area (Å²) in [7, 11) is 0. The molecule has 1 atom stereocenters. The minimum Gasteiger partial charge on any atom is -0.351 e. The van der Waals surface area contributed by atoms with Crippen molar-refractivity contribution in [2.24, 2.45) is 0 Å². The van der Waals surface area contributed by atoms with Gasteiger partial charge < -0.3 is 5.32 Å². The highest BCUT2D eigenvalue weighted by molar-refractivity contribution is 5.85. The lowest BCUT2D eigenvalue weighted by atomic mass is 9.87. The molecular formula is C11H11F2NO. The fourth-order valence-electron chi connectivity index (χ4n) is 1.85. The second-order valence-corrected chi connectivity index (χ2v) is 3.63. The predicted molar refractivity (Wildman–Crippen MR) is 51.8 cm³/mol. The lowest BCUT2D eigenvalue weighted by molar-refractivity contribution is -0.152. The molecule has 1 unspecified atom stereocenters. The molecule has 2 nitrogen and oxygen atoms in total. The lowest BCUT2D eigenvalue weighted by Crippen LogP contribution is -2.50. The number of carbonyl (C=O) groups is 1. The summed E-state index contributed by atoms with van der Waals surface area (Å²) in [6, 6.07) is 8.45. The van der Waals surface area contributed by atoms with E-state index in [4.69, 9.17) is 0 Å². The fraction of sp³-hybridized carbons (Fsp3) is 0.364. The summed E-state index contributed by atoms with van der Waals surface area (Å²) in [4.78, 5) is 11.0. The van der Waals surface area contributed by atoms with E-state index < -0.39 is 17.7 Å². The number of benzene rings is 1. The first kappa shape index (κ1) is 10.1. The fourth-order valence-corrected chi connectivity index (χ4v) is 1.85. The Hall–Kier alpha value is -1.45. The second-order valence-electron chi connectivity index (χ2n) is 3.63. The van der Waals surface area contributed by atoms with Crippen molar-refractivity contribution >= 4 is 5.91 Å². The average molecular weight is 211 g/mol. The van der Waals surface area contributed by atoms with Gasteiger partial charge in [0.15, 0.2) is 0 Å². The zero-order valence-corrected chi connectivity index (χ0v) is 8.04. The molecular weight excluding hydrogens is 200 g/mol. The van der Waals surface area contributed by atoms with Gasteiger partial charge in [0.05, 0.1) is 5.92 Å². The molecule has 0 saturated carbocycles. The normalized spacial score (nSPS) is 24.7. The van der Waals surface area contributed by atoms with E-state index in [0.29, 0.717) is 12.1 Å². The molecule has 1 aromatic rings. The number of carbonyl (C=O) groups excluding carboxylic acids is 1. The Bertz CT molecular complexity index is 364. The molecule has 1 saturated heterocycles.